The topological polar surface area (TPSA) is 49.6 Å². The number of benzene rings is 2. The predicted molar refractivity (Wildman–Crippen MR) is 94.4 cm³/mol. The molecule has 0 bridgehead atoms. The van der Waals surface area contributed by atoms with Gasteiger partial charge in [-0.05, 0) is 31.9 Å². The lowest BCUT2D eigenvalue weighted by Crippen LogP contribution is -2.05. The molecule has 4 heteroatoms. The Morgan fingerprint density at radius 2 is 1.78 bits per heavy atom. The first kappa shape index (κ1) is 15.5. The van der Waals surface area contributed by atoms with E-state index in [2.05, 4.69) is 47.2 Å². The molecule has 0 unspecified atom stereocenters. The van der Waals surface area contributed by atoms with E-state index in [1.54, 1.807) is 0 Å². The number of thioether (sulfide) groups is 1. The van der Waals surface area contributed by atoms with Crippen LogP contribution in [0.3, 0.4) is 0 Å². The second kappa shape index (κ2) is 6.80. The van der Waals surface area contributed by atoms with Gasteiger partial charge in [0.2, 0.25) is 0 Å². The molecular formula is C19H17N3S. The van der Waals surface area contributed by atoms with Crippen LogP contribution in [0.4, 0.5) is 0 Å². The smallest absolute Gasteiger partial charge is 0.127 e. The van der Waals surface area contributed by atoms with Crippen LogP contribution in [0.15, 0.2) is 53.6 Å². The summed E-state index contributed by atoms with van der Waals surface area (Å²) in [6, 6.07) is 18.7. The lowest BCUT2D eigenvalue weighted by Gasteiger charge is -2.11. The number of nitriles is 1. The molecule has 1 aromatic heterocycles. The van der Waals surface area contributed by atoms with E-state index in [1.807, 2.05) is 31.2 Å². The van der Waals surface area contributed by atoms with Crippen LogP contribution < -0.4 is 0 Å². The summed E-state index contributed by atoms with van der Waals surface area (Å²) in [5, 5.41) is 11.2. The fourth-order valence-corrected chi connectivity index (χ4v) is 3.52. The molecule has 1 heterocycles. The fourth-order valence-electron chi connectivity index (χ4n) is 2.43. The molecule has 3 rings (SSSR count). The van der Waals surface area contributed by atoms with Crippen LogP contribution in [0, 0.1) is 25.2 Å². The second-order valence-corrected chi connectivity index (χ2v) is 6.71. The number of para-hydroxylation sites is 1. The molecule has 0 saturated heterocycles. The Kier molecular flexibility index (Phi) is 4.59. The van der Waals surface area contributed by atoms with Crippen molar-refractivity contribution in [2.75, 3.05) is 0 Å². The maximum absolute atomic E-state index is 9.53. The highest BCUT2D eigenvalue weighted by atomic mass is 32.2. The minimum Gasteiger partial charge on any atom is -0.233 e. The largest absolute Gasteiger partial charge is 0.233 e. The quantitative estimate of drug-likeness (QED) is 0.526. The van der Waals surface area contributed by atoms with Crippen LogP contribution in [-0.2, 0) is 6.42 Å². The van der Waals surface area contributed by atoms with Crippen LogP contribution in [0.25, 0.3) is 10.9 Å². The summed E-state index contributed by atoms with van der Waals surface area (Å²) in [4.78, 5) is 9.00. The van der Waals surface area contributed by atoms with Gasteiger partial charge in [-0.25, -0.2) is 9.97 Å². The van der Waals surface area contributed by atoms with E-state index in [0.29, 0.717) is 6.42 Å². The van der Waals surface area contributed by atoms with Gasteiger partial charge in [0, 0.05) is 5.39 Å². The second-order valence-electron chi connectivity index (χ2n) is 5.52. The van der Waals surface area contributed by atoms with E-state index >= 15 is 0 Å². The van der Waals surface area contributed by atoms with Gasteiger partial charge >= 0.3 is 0 Å². The molecule has 0 radical (unpaired) electrons. The van der Waals surface area contributed by atoms with Crippen molar-refractivity contribution in [1.29, 1.82) is 5.26 Å². The van der Waals surface area contributed by atoms with E-state index in [-0.39, 0.29) is 5.25 Å². The van der Waals surface area contributed by atoms with Crippen molar-refractivity contribution < 1.29 is 0 Å². The van der Waals surface area contributed by atoms with Gasteiger partial charge in [0.05, 0.1) is 11.6 Å². The molecule has 0 aliphatic carbocycles. The Bertz CT molecular complexity index is 866. The highest BCUT2D eigenvalue weighted by molar-refractivity contribution is 8.00. The number of aromatic nitrogens is 2. The van der Waals surface area contributed by atoms with Gasteiger partial charge in [-0.3, -0.25) is 0 Å². The summed E-state index contributed by atoms with van der Waals surface area (Å²) in [6.45, 7) is 3.95. The number of nitrogens with zero attached hydrogens (tertiary/aromatic N) is 3. The van der Waals surface area contributed by atoms with Gasteiger partial charge in [-0.15, -0.1) is 0 Å². The summed E-state index contributed by atoms with van der Waals surface area (Å²) in [5.41, 5.74) is 3.33. The normalized spacial score (nSPS) is 12.0. The third kappa shape index (κ3) is 3.69. The molecule has 0 N–H and O–H groups in total. The number of aryl methyl sites for hydroxylation is 2. The summed E-state index contributed by atoms with van der Waals surface area (Å²) in [6.07, 6.45) is 0.707. The summed E-state index contributed by atoms with van der Waals surface area (Å²) >= 11 is 1.52. The molecule has 0 spiro atoms. The van der Waals surface area contributed by atoms with E-state index < -0.39 is 0 Å². The van der Waals surface area contributed by atoms with Crippen molar-refractivity contribution in [3.63, 3.8) is 0 Å². The Hall–Kier alpha value is -2.38. The first-order chi connectivity index (χ1) is 11.2. The SMILES string of the molecule is Cc1ccc(C[C@@H](C#N)Sc2nc(C)nc3ccccc23)cc1. The molecule has 0 saturated carbocycles. The number of fused-ring (bicyclic) bond motifs is 1. The van der Waals surface area contributed by atoms with Crippen LogP contribution in [0.1, 0.15) is 17.0 Å². The highest BCUT2D eigenvalue weighted by Gasteiger charge is 2.14. The molecule has 0 aliphatic heterocycles. The van der Waals surface area contributed by atoms with Crippen molar-refractivity contribution >= 4 is 22.7 Å². The Morgan fingerprint density at radius 1 is 1.04 bits per heavy atom. The zero-order valence-electron chi connectivity index (χ0n) is 13.2. The van der Waals surface area contributed by atoms with Crippen molar-refractivity contribution in [1.82, 2.24) is 9.97 Å². The van der Waals surface area contributed by atoms with Crippen molar-refractivity contribution in [2.24, 2.45) is 0 Å². The van der Waals surface area contributed by atoms with Crippen molar-refractivity contribution in [3.05, 3.63) is 65.5 Å². The van der Waals surface area contributed by atoms with Gasteiger partial charge in [-0.1, -0.05) is 59.8 Å². The van der Waals surface area contributed by atoms with Gasteiger partial charge in [0.15, 0.2) is 0 Å². The van der Waals surface area contributed by atoms with Crippen LogP contribution in [0.2, 0.25) is 0 Å². The molecule has 0 amide bonds. The molecule has 2 aromatic carbocycles. The lowest BCUT2D eigenvalue weighted by atomic mass is 10.1. The number of hydrogen-bond acceptors (Lipinski definition) is 4. The van der Waals surface area contributed by atoms with Crippen LogP contribution in [-0.4, -0.2) is 15.2 Å². The maximum atomic E-state index is 9.53. The average Bonchev–Trinajstić information content (AvgIpc) is 2.56. The fraction of sp³-hybridized carbons (Fsp3) is 0.211. The highest BCUT2D eigenvalue weighted by Crippen LogP contribution is 2.30. The van der Waals surface area contributed by atoms with Gasteiger partial charge in [0.1, 0.15) is 16.1 Å². The summed E-state index contributed by atoms with van der Waals surface area (Å²) < 4.78 is 0. The Morgan fingerprint density at radius 3 is 2.52 bits per heavy atom. The van der Waals surface area contributed by atoms with Crippen molar-refractivity contribution in [2.45, 2.75) is 30.5 Å². The van der Waals surface area contributed by atoms with E-state index in [9.17, 15) is 5.26 Å². The molecule has 3 nitrogen and oxygen atoms in total. The molecule has 114 valence electrons. The van der Waals surface area contributed by atoms with E-state index in [0.717, 1.165) is 21.8 Å². The molecule has 1 atom stereocenters. The zero-order valence-corrected chi connectivity index (χ0v) is 14.0. The van der Waals surface area contributed by atoms with Crippen molar-refractivity contribution in [3.8, 4) is 6.07 Å². The third-order valence-corrected chi connectivity index (χ3v) is 4.71. The monoisotopic (exact) mass is 319 g/mol. The van der Waals surface area contributed by atoms with Gasteiger partial charge in [0.25, 0.3) is 0 Å². The number of rotatable bonds is 4. The van der Waals surface area contributed by atoms with Gasteiger partial charge in [-0.2, -0.15) is 5.26 Å². The van der Waals surface area contributed by atoms with E-state index in [1.165, 1.54) is 22.9 Å². The number of hydrogen-bond donors (Lipinski definition) is 0. The molecular weight excluding hydrogens is 302 g/mol. The molecule has 23 heavy (non-hydrogen) atoms. The lowest BCUT2D eigenvalue weighted by molar-refractivity contribution is 0.987. The minimum atomic E-state index is -0.171. The molecule has 0 fully saturated rings. The van der Waals surface area contributed by atoms with Crippen LogP contribution >= 0.6 is 11.8 Å². The standard InChI is InChI=1S/C19H17N3S/c1-13-7-9-15(10-8-13)11-16(12-20)23-19-17-5-3-4-6-18(17)21-14(2)22-19/h3-10,16H,11H2,1-2H3/t16-/m0/s1. The summed E-state index contributed by atoms with van der Waals surface area (Å²) in [5.74, 6) is 0.734. The average molecular weight is 319 g/mol. The first-order valence-corrected chi connectivity index (χ1v) is 8.39. The Balaban J connectivity index is 1.87. The minimum absolute atomic E-state index is 0.171. The zero-order chi connectivity index (χ0) is 16.2. The molecule has 3 aromatic rings. The van der Waals surface area contributed by atoms with E-state index in [4.69, 9.17) is 0 Å². The summed E-state index contributed by atoms with van der Waals surface area (Å²) in [7, 11) is 0. The van der Waals surface area contributed by atoms with Gasteiger partial charge < -0.3 is 0 Å². The first-order valence-electron chi connectivity index (χ1n) is 7.51. The third-order valence-electron chi connectivity index (χ3n) is 3.62. The Labute approximate surface area is 140 Å². The van der Waals surface area contributed by atoms with Crippen LogP contribution in [0.5, 0.6) is 0 Å². The molecule has 0 aliphatic rings. The maximum Gasteiger partial charge on any atom is 0.127 e. The predicted octanol–water partition coefficient (Wildman–Crippen LogP) is 4.47.